The van der Waals surface area contributed by atoms with Gasteiger partial charge in [-0.3, -0.25) is 4.90 Å². The number of nitrogens with one attached hydrogen (secondary N) is 1. The van der Waals surface area contributed by atoms with Crippen molar-refractivity contribution in [1.82, 2.24) is 10.2 Å². The molecular formula is C18H30N2. The number of nitrogens with zero attached hydrogens (tertiary/aromatic N) is 1. The zero-order valence-electron chi connectivity index (χ0n) is 13.5. The predicted octanol–water partition coefficient (Wildman–Crippen LogP) is 3.63. The second kappa shape index (κ2) is 7.24. The van der Waals surface area contributed by atoms with Crippen LogP contribution in [0.25, 0.3) is 0 Å². The largest absolute Gasteiger partial charge is 0.319 e. The third kappa shape index (κ3) is 3.24. The number of aryl methyl sites for hydroxylation is 1. The Bertz CT molecular complexity index is 412. The third-order valence-corrected chi connectivity index (χ3v) is 4.68. The Labute approximate surface area is 124 Å². The second-order valence-electron chi connectivity index (χ2n) is 6.29. The molecule has 20 heavy (non-hydrogen) atoms. The lowest BCUT2D eigenvalue weighted by molar-refractivity contribution is 0.0631. The van der Waals surface area contributed by atoms with Gasteiger partial charge < -0.3 is 5.32 Å². The molecule has 2 heteroatoms. The Hall–Kier alpha value is -0.860. The molecular weight excluding hydrogens is 244 g/mol. The summed E-state index contributed by atoms with van der Waals surface area (Å²) in [6, 6.07) is 10.2. The van der Waals surface area contributed by atoms with Crippen LogP contribution in [0.3, 0.4) is 0 Å². The molecule has 0 aromatic heterocycles. The molecule has 1 fully saturated rings. The molecule has 2 atom stereocenters. The molecule has 0 radical (unpaired) electrons. The van der Waals surface area contributed by atoms with Crippen LogP contribution in [0.4, 0.5) is 0 Å². The molecule has 0 amide bonds. The van der Waals surface area contributed by atoms with Gasteiger partial charge in [-0.2, -0.15) is 0 Å². The third-order valence-electron chi connectivity index (χ3n) is 4.68. The summed E-state index contributed by atoms with van der Waals surface area (Å²) < 4.78 is 0. The zero-order chi connectivity index (χ0) is 14.5. The molecule has 1 N–H and O–H groups in total. The van der Waals surface area contributed by atoms with Gasteiger partial charge in [0.1, 0.15) is 0 Å². The highest BCUT2D eigenvalue weighted by Gasteiger charge is 2.34. The quantitative estimate of drug-likeness (QED) is 0.882. The highest BCUT2D eigenvalue weighted by molar-refractivity contribution is 5.31. The van der Waals surface area contributed by atoms with E-state index in [1.807, 2.05) is 0 Å². The van der Waals surface area contributed by atoms with E-state index in [1.54, 1.807) is 5.56 Å². The van der Waals surface area contributed by atoms with E-state index in [1.165, 1.54) is 24.9 Å². The van der Waals surface area contributed by atoms with Crippen molar-refractivity contribution < 1.29 is 0 Å². The molecule has 0 bridgehead atoms. The van der Waals surface area contributed by atoms with Crippen molar-refractivity contribution in [2.45, 2.75) is 52.1 Å². The van der Waals surface area contributed by atoms with E-state index in [4.69, 9.17) is 0 Å². The Morgan fingerprint density at radius 1 is 1.30 bits per heavy atom. The normalized spacial score (nSPS) is 24.2. The van der Waals surface area contributed by atoms with Gasteiger partial charge in [-0.25, -0.2) is 0 Å². The van der Waals surface area contributed by atoms with Crippen LogP contribution >= 0.6 is 0 Å². The number of likely N-dealkylation sites (tertiary alicyclic amines) is 1. The molecule has 0 saturated carbocycles. The average molecular weight is 274 g/mol. The number of hydrogen-bond acceptors (Lipinski definition) is 2. The van der Waals surface area contributed by atoms with E-state index in [0.29, 0.717) is 12.1 Å². The van der Waals surface area contributed by atoms with Crippen molar-refractivity contribution in [1.29, 1.82) is 0 Å². The molecule has 2 unspecified atom stereocenters. The Balaban J connectivity index is 2.38. The van der Waals surface area contributed by atoms with Gasteiger partial charge in [-0.1, -0.05) is 31.2 Å². The number of rotatable bonds is 5. The molecule has 2 nitrogen and oxygen atoms in total. The summed E-state index contributed by atoms with van der Waals surface area (Å²) in [5.41, 5.74) is 3.08. The molecule has 0 aliphatic carbocycles. The van der Waals surface area contributed by atoms with Gasteiger partial charge in [-0.05, 0) is 70.3 Å². The molecule has 0 spiro atoms. The SMILES string of the molecule is CCc1ccccc1C1C(CNC)CCCN1C(C)C. The first kappa shape index (κ1) is 15.5. The van der Waals surface area contributed by atoms with Crippen LogP contribution in [-0.4, -0.2) is 31.1 Å². The van der Waals surface area contributed by atoms with E-state index in [-0.39, 0.29) is 0 Å². The highest BCUT2D eigenvalue weighted by Crippen LogP contribution is 2.38. The summed E-state index contributed by atoms with van der Waals surface area (Å²) in [7, 11) is 2.08. The molecule has 1 heterocycles. The fraction of sp³-hybridized carbons (Fsp3) is 0.667. The second-order valence-corrected chi connectivity index (χ2v) is 6.29. The summed E-state index contributed by atoms with van der Waals surface area (Å²) in [6.45, 7) is 9.30. The zero-order valence-corrected chi connectivity index (χ0v) is 13.5. The number of hydrogen-bond donors (Lipinski definition) is 1. The van der Waals surface area contributed by atoms with Gasteiger partial charge in [0.15, 0.2) is 0 Å². The van der Waals surface area contributed by atoms with E-state index in [2.05, 4.69) is 62.3 Å². The van der Waals surface area contributed by atoms with Crippen LogP contribution in [0.15, 0.2) is 24.3 Å². The van der Waals surface area contributed by atoms with Gasteiger partial charge >= 0.3 is 0 Å². The van der Waals surface area contributed by atoms with E-state index < -0.39 is 0 Å². The predicted molar refractivity (Wildman–Crippen MR) is 87.1 cm³/mol. The monoisotopic (exact) mass is 274 g/mol. The van der Waals surface area contributed by atoms with Crippen molar-refractivity contribution in [3.63, 3.8) is 0 Å². The number of benzene rings is 1. The van der Waals surface area contributed by atoms with Crippen LogP contribution in [0.5, 0.6) is 0 Å². The van der Waals surface area contributed by atoms with Gasteiger partial charge in [0, 0.05) is 12.1 Å². The van der Waals surface area contributed by atoms with Crippen LogP contribution in [-0.2, 0) is 6.42 Å². The smallest absolute Gasteiger partial charge is 0.0393 e. The van der Waals surface area contributed by atoms with E-state index in [0.717, 1.165) is 18.9 Å². The van der Waals surface area contributed by atoms with E-state index >= 15 is 0 Å². The van der Waals surface area contributed by atoms with Crippen molar-refractivity contribution in [2.75, 3.05) is 20.1 Å². The standard InChI is InChI=1S/C18H30N2/c1-5-15-9-6-7-11-17(15)18-16(13-19-4)10-8-12-20(18)14(2)3/h6-7,9,11,14,16,18-19H,5,8,10,12-13H2,1-4H3. The lowest BCUT2D eigenvalue weighted by Gasteiger charge is -2.44. The molecule has 1 aliphatic heterocycles. The summed E-state index contributed by atoms with van der Waals surface area (Å²) in [5, 5.41) is 3.41. The molecule has 1 aliphatic rings. The number of piperidine rings is 1. The van der Waals surface area contributed by atoms with Crippen molar-refractivity contribution in [2.24, 2.45) is 5.92 Å². The molecule has 112 valence electrons. The maximum Gasteiger partial charge on any atom is 0.0393 e. The molecule has 1 saturated heterocycles. The highest BCUT2D eigenvalue weighted by atomic mass is 15.2. The van der Waals surface area contributed by atoms with Crippen LogP contribution in [0.2, 0.25) is 0 Å². The minimum Gasteiger partial charge on any atom is -0.319 e. The fourth-order valence-corrected chi connectivity index (χ4v) is 3.74. The molecule has 1 aromatic rings. The van der Waals surface area contributed by atoms with Gasteiger partial charge in [0.2, 0.25) is 0 Å². The Morgan fingerprint density at radius 2 is 2.05 bits per heavy atom. The minimum atomic E-state index is 0.576. The molecule has 1 aromatic carbocycles. The van der Waals surface area contributed by atoms with Crippen LogP contribution < -0.4 is 5.32 Å². The molecule has 2 rings (SSSR count). The first-order valence-electron chi connectivity index (χ1n) is 8.17. The van der Waals surface area contributed by atoms with Gasteiger partial charge in [0.05, 0.1) is 0 Å². The first-order chi connectivity index (χ1) is 9.69. The van der Waals surface area contributed by atoms with Crippen LogP contribution in [0, 0.1) is 5.92 Å². The topological polar surface area (TPSA) is 15.3 Å². The van der Waals surface area contributed by atoms with Crippen molar-refractivity contribution in [3.05, 3.63) is 35.4 Å². The van der Waals surface area contributed by atoms with Gasteiger partial charge in [0.25, 0.3) is 0 Å². The Morgan fingerprint density at radius 3 is 2.70 bits per heavy atom. The lowest BCUT2D eigenvalue weighted by Crippen LogP contribution is -2.45. The van der Waals surface area contributed by atoms with Crippen molar-refractivity contribution in [3.8, 4) is 0 Å². The summed E-state index contributed by atoms with van der Waals surface area (Å²) >= 11 is 0. The lowest BCUT2D eigenvalue weighted by atomic mass is 9.81. The Kier molecular flexibility index (Phi) is 5.62. The minimum absolute atomic E-state index is 0.576. The van der Waals surface area contributed by atoms with Crippen LogP contribution in [0.1, 0.15) is 50.8 Å². The summed E-state index contributed by atoms with van der Waals surface area (Å²) in [4.78, 5) is 2.71. The average Bonchev–Trinajstić information content (AvgIpc) is 2.47. The van der Waals surface area contributed by atoms with Crippen molar-refractivity contribution >= 4 is 0 Å². The van der Waals surface area contributed by atoms with Gasteiger partial charge in [-0.15, -0.1) is 0 Å². The fourth-order valence-electron chi connectivity index (χ4n) is 3.74. The summed E-state index contributed by atoms with van der Waals surface area (Å²) in [6.07, 6.45) is 3.80. The maximum absolute atomic E-state index is 3.41. The first-order valence-corrected chi connectivity index (χ1v) is 8.17. The van der Waals surface area contributed by atoms with E-state index in [9.17, 15) is 0 Å². The summed E-state index contributed by atoms with van der Waals surface area (Å²) in [5.74, 6) is 0.726. The maximum atomic E-state index is 3.41.